The van der Waals surface area contributed by atoms with E-state index in [1.807, 2.05) is 35.0 Å². The number of rotatable bonds is 0. The smallest absolute Gasteiger partial charge is 0.0964 e. The molecule has 0 fully saturated rings. The average molecular weight is 398 g/mol. The van der Waals surface area contributed by atoms with Crippen molar-refractivity contribution in [3.63, 3.8) is 0 Å². The maximum atomic E-state index is 3.37. The van der Waals surface area contributed by atoms with Crippen LogP contribution in [-0.2, 0) is 0 Å². The van der Waals surface area contributed by atoms with Crippen molar-refractivity contribution in [1.29, 1.82) is 0 Å². The molecule has 0 amide bonds. The van der Waals surface area contributed by atoms with Crippen molar-refractivity contribution in [3.8, 4) is 23.7 Å². The van der Waals surface area contributed by atoms with Crippen LogP contribution >= 0.6 is 54.5 Å². The zero-order valence-electron chi connectivity index (χ0n) is 9.04. The summed E-state index contributed by atoms with van der Waals surface area (Å²) < 4.78 is 0.781. The van der Waals surface area contributed by atoms with Crippen molar-refractivity contribution in [2.24, 2.45) is 0 Å². The van der Waals surface area contributed by atoms with Gasteiger partial charge in [0.1, 0.15) is 0 Å². The molecule has 0 radical (unpaired) electrons. The fourth-order valence-electron chi connectivity index (χ4n) is 1.07. The SMILES string of the molecule is BrC(Br)=C(C#Cc1cccs1)C#Cc1cccs1. The van der Waals surface area contributed by atoms with E-state index in [2.05, 4.69) is 55.5 Å². The normalized spacial score (nSPS) is 8.78. The molecule has 0 N–H and O–H groups in total. The predicted molar refractivity (Wildman–Crippen MR) is 87.3 cm³/mol. The Kier molecular flexibility index (Phi) is 5.28. The van der Waals surface area contributed by atoms with E-state index in [1.165, 1.54) is 0 Å². The topological polar surface area (TPSA) is 0 Å². The first kappa shape index (κ1) is 13.6. The highest BCUT2D eigenvalue weighted by atomic mass is 79.9. The van der Waals surface area contributed by atoms with Crippen LogP contribution in [0.4, 0.5) is 0 Å². The van der Waals surface area contributed by atoms with Crippen LogP contribution in [0.2, 0.25) is 0 Å². The fourth-order valence-corrected chi connectivity index (χ4v) is 2.61. The fraction of sp³-hybridized carbons (Fsp3) is 0. The lowest BCUT2D eigenvalue weighted by Gasteiger charge is -1.87. The molecule has 0 aliphatic heterocycles. The molecule has 0 atom stereocenters. The van der Waals surface area contributed by atoms with E-state index in [-0.39, 0.29) is 0 Å². The molecular weight excluding hydrogens is 392 g/mol. The molecule has 0 nitrogen and oxygen atoms in total. The molecule has 0 bridgehead atoms. The quantitative estimate of drug-likeness (QED) is 0.535. The molecule has 2 heterocycles. The Labute approximate surface area is 131 Å². The van der Waals surface area contributed by atoms with Crippen molar-refractivity contribution < 1.29 is 0 Å². The van der Waals surface area contributed by atoms with E-state index >= 15 is 0 Å². The first-order valence-electron chi connectivity index (χ1n) is 4.92. The van der Waals surface area contributed by atoms with Gasteiger partial charge in [-0.15, -0.1) is 22.7 Å². The van der Waals surface area contributed by atoms with Crippen LogP contribution in [0.5, 0.6) is 0 Å². The Morgan fingerprint density at radius 1 is 0.889 bits per heavy atom. The van der Waals surface area contributed by atoms with Gasteiger partial charge in [0.25, 0.3) is 0 Å². The van der Waals surface area contributed by atoms with E-state index < -0.39 is 0 Å². The molecule has 18 heavy (non-hydrogen) atoms. The van der Waals surface area contributed by atoms with E-state index in [0.29, 0.717) is 0 Å². The Bertz CT molecular complexity index is 599. The van der Waals surface area contributed by atoms with Gasteiger partial charge >= 0.3 is 0 Å². The van der Waals surface area contributed by atoms with Gasteiger partial charge in [-0.1, -0.05) is 12.1 Å². The summed E-state index contributed by atoms with van der Waals surface area (Å²) in [4.78, 5) is 2.07. The van der Waals surface area contributed by atoms with Gasteiger partial charge < -0.3 is 0 Å². The highest BCUT2D eigenvalue weighted by Gasteiger charge is 1.94. The second-order valence-corrected chi connectivity index (χ2v) is 7.64. The highest BCUT2D eigenvalue weighted by molar-refractivity contribution is 9.28. The Hall–Kier alpha value is -0.780. The molecule has 2 rings (SSSR count). The molecule has 4 heteroatoms. The average Bonchev–Trinajstić information content (AvgIpc) is 3.00. The second kappa shape index (κ2) is 6.97. The van der Waals surface area contributed by atoms with Crippen molar-refractivity contribution in [1.82, 2.24) is 0 Å². The van der Waals surface area contributed by atoms with Crippen LogP contribution in [-0.4, -0.2) is 0 Å². The summed E-state index contributed by atoms with van der Waals surface area (Å²) in [5, 5.41) is 4.02. The van der Waals surface area contributed by atoms with E-state index in [0.717, 1.165) is 18.7 Å². The number of hydrogen-bond acceptors (Lipinski definition) is 2. The molecule has 0 aromatic carbocycles. The van der Waals surface area contributed by atoms with Crippen molar-refractivity contribution in [2.75, 3.05) is 0 Å². The lowest BCUT2D eigenvalue weighted by Crippen LogP contribution is -1.74. The predicted octanol–water partition coefficient (Wildman–Crippen LogP) is 5.21. The zero-order valence-corrected chi connectivity index (χ0v) is 13.8. The molecule has 0 saturated heterocycles. The zero-order chi connectivity index (χ0) is 12.8. The number of allylic oxidation sites excluding steroid dienone is 1. The summed E-state index contributed by atoms with van der Waals surface area (Å²) in [7, 11) is 0. The number of halogens is 2. The Morgan fingerprint density at radius 3 is 1.72 bits per heavy atom. The largest absolute Gasteiger partial charge is 0.135 e. The highest BCUT2D eigenvalue weighted by Crippen LogP contribution is 2.19. The van der Waals surface area contributed by atoms with Crippen LogP contribution in [0.3, 0.4) is 0 Å². The van der Waals surface area contributed by atoms with Crippen molar-refractivity contribution >= 4 is 54.5 Å². The molecule has 88 valence electrons. The third-order valence-electron chi connectivity index (χ3n) is 1.85. The lowest BCUT2D eigenvalue weighted by atomic mass is 10.3. The molecule has 0 aliphatic carbocycles. The first-order valence-corrected chi connectivity index (χ1v) is 8.26. The molecule has 0 aliphatic rings. The van der Waals surface area contributed by atoms with Gasteiger partial charge in [-0.05, 0) is 78.4 Å². The lowest BCUT2D eigenvalue weighted by molar-refractivity contribution is 1.87. The first-order chi connectivity index (χ1) is 8.75. The Balaban J connectivity index is 2.24. The van der Waals surface area contributed by atoms with Crippen LogP contribution < -0.4 is 0 Å². The van der Waals surface area contributed by atoms with Crippen molar-refractivity contribution in [3.05, 3.63) is 53.7 Å². The van der Waals surface area contributed by atoms with Gasteiger partial charge in [-0.2, -0.15) is 0 Å². The molecular formula is C14H6Br2S2. The summed E-state index contributed by atoms with van der Waals surface area (Å²) in [6.45, 7) is 0. The molecule has 2 aromatic rings. The van der Waals surface area contributed by atoms with E-state index in [4.69, 9.17) is 0 Å². The van der Waals surface area contributed by atoms with Crippen LogP contribution in [0.15, 0.2) is 44.0 Å². The summed E-state index contributed by atoms with van der Waals surface area (Å²) in [5.74, 6) is 12.3. The van der Waals surface area contributed by atoms with Crippen molar-refractivity contribution in [2.45, 2.75) is 0 Å². The Morgan fingerprint density at radius 2 is 1.39 bits per heavy atom. The molecule has 2 aromatic heterocycles. The summed E-state index contributed by atoms with van der Waals surface area (Å²) in [6.07, 6.45) is 0. The third kappa shape index (κ3) is 4.15. The minimum Gasteiger partial charge on any atom is -0.135 e. The number of hydrogen-bond donors (Lipinski definition) is 0. The summed E-state index contributed by atoms with van der Waals surface area (Å²) >= 11 is 9.97. The maximum Gasteiger partial charge on any atom is 0.0964 e. The second-order valence-electron chi connectivity index (χ2n) is 3.09. The molecule has 0 unspecified atom stereocenters. The van der Waals surface area contributed by atoms with Crippen LogP contribution in [0.25, 0.3) is 0 Å². The van der Waals surface area contributed by atoms with Gasteiger partial charge in [-0.25, -0.2) is 0 Å². The van der Waals surface area contributed by atoms with Gasteiger partial charge in [0.05, 0.1) is 18.7 Å². The van der Waals surface area contributed by atoms with Crippen LogP contribution in [0, 0.1) is 23.7 Å². The van der Waals surface area contributed by atoms with E-state index in [9.17, 15) is 0 Å². The molecule has 0 spiro atoms. The van der Waals surface area contributed by atoms with E-state index in [1.54, 1.807) is 22.7 Å². The third-order valence-corrected chi connectivity index (χ3v) is 4.22. The van der Waals surface area contributed by atoms with Gasteiger partial charge in [0.15, 0.2) is 0 Å². The number of thiophene rings is 2. The monoisotopic (exact) mass is 396 g/mol. The van der Waals surface area contributed by atoms with Gasteiger partial charge in [0, 0.05) is 0 Å². The molecule has 0 saturated carbocycles. The summed E-state index contributed by atoms with van der Waals surface area (Å²) in [6, 6.07) is 7.95. The summed E-state index contributed by atoms with van der Waals surface area (Å²) in [5.41, 5.74) is 0.747. The van der Waals surface area contributed by atoms with Gasteiger partial charge in [-0.3, -0.25) is 0 Å². The van der Waals surface area contributed by atoms with Gasteiger partial charge in [0.2, 0.25) is 0 Å². The standard InChI is InChI=1S/C14H6Br2S2/c15-14(16)11(5-7-12-3-1-9-17-12)6-8-13-4-2-10-18-13/h1-4,9-10H. The van der Waals surface area contributed by atoms with Crippen LogP contribution in [0.1, 0.15) is 9.75 Å². The maximum absolute atomic E-state index is 3.37. The minimum absolute atomic E-state index is 0.747. The minimum atomic E-state index is 0.747.